The lowest BCUT2D eigenvalue weighted by molar-refractivity contribution is 0.996. The minimum Gasteiger partial charge on any atom is -0.369 e. The van der Waals surface area contributed by atoms with Gasteiger partial charge in [0.1, 0.15) is 5.82 Å². The zero-order valence-corrected chi connectivity index (χ0v) is 14.7. The highest BCUT2D eigenvalue weighted by Crippen LogP contribution is 2.21. The van der Waals surface area contributed by atoms with Gasteiger partial charge in [0, 0.05) is 12.7 Å². The van der Waals surface area contributed by atoms with Gasteiger partial charge in [-0.3, -0.25) is 0 Å². The molecule has 0 atom stereocenters. The normalized spacial score (nSPS) is 10.5. The second-order valence-corrected chi connectivity index (χ2v) is 6.27. The third kappa shape index (κ3) is 4.30. The zero-order chi connectivity index (χ0) is 16.1. The molecule has 116 valence electrons. The summed E-state index contributed by atoms with van der Waals surface area (Å²) in [5.74, 6) is 0.714. The van der Waals surface area contributed by atoms with Crippen LogP contribution in [0.4, 0.5) is 5.82 Å². The van der Waals surface area contributed by atoms with Gasteiger partial charge in [-0.05, 0) is 50.6 Å². The van der Waals surface area contributed by atoms with Crippen LogP contribution in [0.15, 0.2) is 65.3 Å². The molecule has 1 heterocycles. The van der Waals surface area contributed by atoms with E-state index in [1.165, 1.54) is 16.7 Å². The van der Waals surface area contributed by atoms with Crippen molar-refractivity contribution in [2.24, 2.45) is 0 Å². The summed E-state index contributed by atoms with van der Waals surface area (Å²) in [6.45, 7) is 0.774. The number of hydrogen-bond donors (Lipinski definition) is 1. The van der Waals surface area contributed by atoms with Crippen LogP contribution >= 0.6 is 27.5 Å². The first-order chi connectivity index (χ1) is 11.2. The smallest absolute Gasteiger partial charge is 0.224 e. The highest BCUT2D eigenvalue weighted by Gasteiger charge is 2.03. The number of nitrogens with one attached hydrogen (secondary N) is 1. The van der Waals surface area contributed by atoms with E-state index >= 15 is 0 Å². The van der Waals surface area contributed by atoms with Crippen LogP contribution < -0.4 is 5.32 Å². The Morgan fingerprint density at radius 1 is 0.957 bits per heavy atom. The van der Waals surface area contributed by atoms with Crippen molar-refractivity contribution in [3.63, 3.8) is 0 Å². The van der Waals surface area contributed by atoms with Crippen LogP contribution in [-0.2, 0) is 6.42 Å². The maximum absolute atomic E-state index is 5.81. The molecule has 0 aliphatic heterocycles. The quantitative estimate of drug-likeness (QED) is 0.609. The van der Waals surface area contributed by atoms with Gasteiger partial charge in [-0.15, -0.1) is 0 Å². The minimum atomic E-state index is 0.239. The molecule has 0 radical (unpaired) electrons. The Morgan fingerprint density at radius 2 is 1.65 bits per heavy atom. The molecule has 0 saturated heterocycles. The number of aromatic nitrogens is 2. The largest absolute Gasteiger partial charge is 0.369 e. The molecule has 0 saturated carbocycles. The molecule has 3 nitrogen and oxygen atoms in total. The highest BCUT2D eigenvalue weighted by atomic mass is 79.9. The number of benzene rings is 2. The Labute approximate surface area is 148 Å². The van der Waals surface area contributed by atoms with E-state index in [4.69, 9.17) is 11.6 Å². The number of hydrogen-bond acceptors (Lipinski definition) is 3. The standard InChI is InChI=1S/C18H15BrClN3/c19-16-12-22-18(20)23-17(16)21-11-10-13-6-8-15(9-7-13)14-4-2-1-3-5-14/h1-9,12H,10-11H2,(H,21,22,23). The average molecular weight is 389 g/mol. The molecule has 0 aliphatic carbocycles. The summed E-state index contributed by atoms with van der Waals surface area (Å²) < 4.78 is 0.807. The molecule has 3 rings (SSSR count). The summed E-state index contributed by atoms with van der Waals surface area (Å²) >= 11 is 9.21. The van der Waals surface area contributed by atoms with Crippen LogP contribution in [0.1, 0.15) is 5.56 Å². The summed E-state index contributed by atoms with van der Waals surface area (Å²) in [4.78, 5) is 8.07. The number of halogens is 2. The van der Waals surface area contributed by atoms with Crippen molar-refractivity contribution in [3.05, 3.63) is 76.1 Å². The molecule has 0 amide bonds. The predicted molar refractivity (Wildman–Crippen MR) is 98.8 cm³/mol. The van der Waals surface area contributed by atoms with Crippen LogP contribution in [0.5, 0.6) is 0 Å². The average Bonchev–Trinajstić information content (AvgIpc) is 2.59. The molecule has 3 aromatic rings. The summed E-state index contributed by atoms with van der Waals surface area (Å²) in [6, 6.07) is 19.0. The molecule has 5 heteroatoms. The fourth-order valence-electron chi connectivity index (χ4n) is 2.29. The third-order valence-electron chi connectivity index (χ3n) is 3.48. The van der Waals surface area contributed by atoms with Gasteiger partial charge < -0.3 is 5.32 Å². The second kappa shape index (κ2) is 7.57. The summed E-state index contributed by atoms with van der Waals surface area (Å²) in [5.41, 5.74) is 3.73. The zero-order valence-electron chi connectivity index (χ0n) is 12.3. The molecule has 0 bridgehead atoms. The minimum absolute atomic E-state index is 0.239. The van der Waals surface area contributed by atoms with Gasteiger partial charge in [0.05, 0.1) is 4.47 Å². The van der Waals surface area contributed by atoms with E-state index in [0.29, 0.717) is 5.82 Å². The first-order valence-electron chi connectivity index (χ1n) is 7.28. The van der Waals surface area contributed by atoms with Crippen LogP contribution in [0.25, 0.3) is 11.1 Å². The van der Waals surface area contributed by atoms with E-state index in [0.717, 1.165) is 17.4 Å². The summed E-state index contributed by atoms with van der Waals surface area (Å²) in [7, 11) is 0. The first kappa shape index (κ1) is 16.0. The van der Waals surface area contributed by atoms with Gasteiger partial charge in [-0.1, -0.05) is 54.6 Å². The molecule has 23 heavy (non-hydrogen) atoms. The lowest BCUT2D eigenvalue weighted by Crippen LogP contribution is -2.07. The molecule has 0 fully saturated rings. The Kier molecular flexibility index (Phi) is 5.26. The highest BCUT2D eigenvalue weighted by molar-refractivity contribution is 9.10. The molecule has 2 aromatic carbocycles. The van der Waals surface area contributed by atoms with Crippen molar-refractivity contribution >= 4 is 33.3 Å². The molecular weight excluding hydrogens is 374 g/mol. The van der Waals surface area contributed by atoms with E-state index in [2.05, 4.69) is 79.7 Å². The van der Waals surface area contributed by atoms with Crippen LogP contribution in [0.2, 0.25) is 5.28 Å². The fourth-order valence-corrected chi connectivity index (χ4v) is 2.75. The van der Waals surface area contributed by atoms with Crippen molar-refractivity contribution in [1.29, 1.82) is 0 Å². The number of anilines is 1. The summed E-state index contributed by atoms with van der Waals surface area (Å²) in [6.07, 6.45) is 2.55. The molecule has 0 aliphatic rings. The van der Waals surface area contributed by atoms with Crippen LogP contribution in [-0.4, -0.2) is 16.5 Å². The predicted octanol–water partition coefficient (Wildman–Crippen LogP) is 5.21. The maximum atomic E-state index is 5.81. The fraction of sp³-hybridized carbons (Fsp3) is 0.111. The first-order valence-corrected chi connectivity index (χ1v) is 8.46. The molecule has 0 unspecified atom stereocenters. The van der Waals surface area contributed by atoms with Gasteiger partial charge >= 0.3 is 0 Å². The second-order valence-electron chi connectivity index (χ2n) is 5.08. The van der Waals surface area contributed by atoms with Crippen LogP contribution in [0, 0.1) is 0 Å². The van der Waals surface area contributed by atoms with Gasteiger partial charge in [0.2, 0.25) is 5.28 Å². The topological polar surface area (TPSA) is 37.8 Å². The summed E-state index contributed by atoms with van der Waals surface area (Å²) in [5, 5.41) is 3.50. The van der Waals surface area contributed by atoms with Crippen molar-refractivity contribution in [3.8, 4) is 11.1 Å². The van der Waals surface area contributed by atoms with Gasteiger partial charge in [-0.2, -0.15) is 4.98 Å². The molecule has 0 spiro atoms. The number of nitrogens with zero attached hydrogens (tertiary/aromatic N) is 2. The third-order valence-corrected chi connectivity index (χ3v) is 4.24. The van der Waals surface area contributed by atoms with E-state index in [9.17, 15) is 0 Å². The Balaban J connectivity index is 1.60. The SMILES string of the molecule is Clc1ncc(Br)c(NCCc2ccc(-c3ccccc3)cc2)n1. The van der Waals surface area contributed by atoms with Gasteiger partial charge in [0.25, 0.3) is 0 Å². The van der Waals surface area contributed by atoms with Gasteiger partial charge in [-0.25, -0.2) is 4.98 Å². The van der Waals surface area contributed by atoms with Crippen LogP contribution in [0.3, 0.4) is 0 Å². The lowest BCUT2D eigenvalue weighted by atomic mass is 10.0. The van der Waals surface area contributed by atoms with E-state index < -0.39 is 0 Å². The monoisotopic (exact) mass is 387 g/mol. The molecule has 1 aromatic heterocycles. The van der Waals surface area contributed by atoms with Crippen molar-refractivity contribution < 1.29 is 0 Å². The number of rotatable bonds is 5. The van der Waals surface area contributed by atoms with E-state index in [-0.39, 0.29) is 5.28 Å². The van der Waals surface area contributed by atoms with Gasteiger partial charge in [0.15, 0.2) is 0 Å². The van der Waals surface area contributed by atoms with Crippen molar-refractivity contribution in [2.75, 3.05) is 11.9 Å². The van der Waals surface area contributed by atoms with E-state index in [1.54, 1.807) is 6.20 Å². The Bertz CT molecular complexity index is 776. The van der Waals surface area contributed by atoms with Crippen molar-refractivity contribution in [1.82, 2.24) is 9.97 Å². The Morgan fingerprint density at radius 3 is 2.39 bits per heavy atom. The molecule has 1 N–H and O–H groups in total. The molecular formula is C18H15BrClN3. The van der Waals surface area contributed by atoms with Crippen molar-refractivity contribution in [2.45, 2.75) is 6.42 Å². The Hall–Kier alpha value is -1.91. The van der Waals surface area contributed by atoms with E-state index in [1.807, 2.05) is 6.07 Å². The lowest BCUT2D eigenvalue weighted by Gasteiger charge is -2.08. The maximum Gasteiger partial charge on any atom is 0.224 e.